The summed E-state index contributed by atoms with van der Waals surface area (Å²) < 4.78 is 26.0. The van der Waals surface area contributed by atoms with Crippen LogP contribution in [0.5, 0.6) is 0 Å². The van der Waals surface area contributed by atoms with Crippen LogP contribution in [0.1, 0.15) is 41.0 Å². The van der Waals surface area contributed by atoms with Crippen LogP contribution in [0.15, 0.2) is 11.6 Å². The van der Waals surface area contributed by atoms with Crippen LogP contribution in [0.4, 0.5) is 0 Å². The molecule has 0 saturated carbocycles. The minimum absolute atomic E-state index is 0.148. The van der Waals surface area contributed by atoms with E-state index in [-0.39, 0.29) is 11.2 Å². The molecular formula is C14H28N2O2S. The predicted octanol–water partition coefficient (Wildman–Crippen LogP) is 1.99. The second-order valence-corrected chi connectivity index (χ2v) is 8.60. The van der Waals surface area contributed by atoms with Crippen molar-refractivity contribution in [1.29, 1.82) is 0 Å². The van der Waals surface area contributed by atoms with Crippen molar-refractivity contribution in [2.45, 2.75) is 47.1 Å². The highest BCUT2D eigenvalue weighted by molar-refractivity contribution is 7.89. The van der Waals surface area contributed by atoms with E-state index in [1.807, 2.05) is 13.8 Å². The Morgan fingerprint density at radius 2 is 2.00 bits per heavy atom. The van der Waals surface area contributed by atoms with Gasteiger partial charge in [-0.25, -0.2) is 8.42 Å². The number of hydrogen-bond donors (Lipinski definition) is 1. The first kappa shape index (κ1) is 16.7. The minimum atomic E-state index is -3.12. The Balaban J connectivity index is 2.57. The van der Waals surface area contributed by atoms with Crippen LogP contribution in [0.25, 0.3) is 0 Å². The summed E-state index contributed by atoms with van der Waals surface area (Å²) in [6.45, 7) is 12.2. The van der Waals surface area contributed by atoms with Crippen LogP contribution in [0.2, 0.25) is 0 Å². The molecule has 1 N–H and O–H groups in total. The van der Waals surface area contributed by atoms with Crippen LogP contribution in [-0.4, -0.2) is 44.2 Å². The molecule has 0 aromatic heterocycles. The third-order valence-corrected chi connectivity index (χ3v) is 5.28. The van der Waals surface area contributed by atoms with Crippen molar-refractivity contribution >= 4 is 10.0 Å². The van der Waals surface area contributed by atoms with Crippen molar-refractivity contribution in [1.82, 2.24) is 9.62 Å². The molecule has 5 heteroatoms. The molecule has 0 fully saturated rings. The second-order valence-electron chi connectivity index (χ2n) is 6.51. The molecule has 1 aliphatic heterocycles. The lowest BCUT2D eigenvalue weighted by molar-refractivity contribution is 0.389. The monoisotopic (exact) mass is 288 g/mol. The third-order valence-electron chi connectivity index (χ3n) is 3.44. The first-order valence-corrected chi connectivity index (χ1v) is 8.64. The normalized spacial score (nSPS) is 18.7. The van der Waals surface area contributed by atoms with Crippen molar-refractivity contribution in [3.8, 4) is 0 Å². The van der Waals surface area contributed by atoms with Crippen LogP contribution < -0.4 is 5.32 Å². The molecule has 4 nitrogen and oxygen atoms in total. The highest BCUT2D eigenvalue weighted by Crippen LogP contribution is 2.30. The average molecular weight is 288 g/mol. The molecule has 1 heterocycles. The molecule has 1 rings (SSSR count). The maximum Gasteiger partial charge on any atom is 0.215 e. The van der Waals surface area contributed by atoms with E-state index in [1.165, 1.54) is 5.57 Å². The van der Waals surface area contributed by atoms with E-state index in [1.54, 1.807) is 4.31 Å². The molecule has 0 aromatic rings. The summed E-state index contributed by atoms with van der Waals surface area (Å²) in [5, 5.41) is 3.15. The quantitative estimate of drug-likeness (QED) is 0.787. The Labute approximate surface area is 118 Å². The van der Waals surface area contributed by atoms with E-state index < -0.39 is 10.0 Å². The SMILES string of the molecule is CC(C)NCCS(=O)(=O)N1CC=C(C(C)(C)C)CC1. The van der Waals surface area contributed by atoms with Crippen LogP contribution in [0, 0.1) is 5.41 Å². The summed E-state index contributed by atoms with van der Waals surface area (Å²) in [4.78, 5) is 0. The van der Waals surface area contributed by atoms with Gasteiger partial charge in [-0.15, -0.1) is 0 Å². The topological polar surface area (TPSA) is 49.4 Å². The second kappa shape index (κ2) is 6.37. The van der Waals surface area contributed by atoms with Crippen molar-refractivity contribution in [3.05, 3.63) is 11.6 Å². The zero-order valence-corrected chi connectivity index (χ0v) is 13.7. The van der Waals surface area contributed by atoms with Gasteiger partial charge < -0.3 is 5.32 Å². The lowest BCUT2D eigenvalue weighted by Gasteiger charge is -2.31. The smallest absolute Gasteiger partial charge is 0.215 e. The number of nitrogens with zero attached hydrogens (tertiary/aromatic N) is 1. The molecular weight excluding hydrogens is 260 g/mol. The Bertz CT molecular complexity index is 419. The Morgan fingerprint density at radius 1 is 1.37 bits per heavy atom. The summed E-state index contributed by atoms with van der Waals surface area (Å²) in [5.41, 5.74) is 1.51. The predicted molar refractivity (Wildman–Crippen MR) is 80.7 cm³/mol. The van der Waals surface area contributed by atoms with Gasteiger partial charge in [-0.2, -0.15) is 4.31 Å². The van der Waals surface area contributed by atoms with Crippen molar-refractivity contribution in [2.75, 3.05) is 25.4 Å². The molecule has 0 amide bonds. The summed E-state index contributed by atoms with van der Waals surface area (Å²) in [6.07, 6.45) is 2.93. The molecule has 0 spiro atoms. The summed E-state index contributed by atoms with van der Waals surface area (Å²) in [5.74, 6) is 0.184. The minimum Gasteiger partial charge on any atom is -0.313 e. The Hall–Kier alpha value is -0.390. The molecule has 0 aromatic carbocycles. The lowest BCUT2D eigenvalue weighted by Crippen LogP contribution is -2.40. The molecule has 0 unspecified atom stereocenters. The highest BCUT2D eigenvalue weighted by atomic mass is 32.2. The van der Waals surface area contributed by atoms with E-state index in [0.29, 0.717) is 25.7 Å². The number of hydrogen-bond acceptors (Lipinski definition) is 3. The van der Waals surface area contributed by atoms with E-state index in [4.69, 9.17) is 0 Å². The standard InChI is InChI=1S/C14H28N2O2S/c1-12(2)15-8-11-19(17,18)16-9-6-13(7-10-16)14(3,4)5/h6,12,15H,7-11H2,1-5H3. The zero-order valence-electron chi connectivity index (χ0n) is 12.9. The van der Waals surface area contributed by atoms with Crippen LogP contribution >= 0.6 is 0 Å². The van der Waals surface area contributed by atoms with E-state index in [9.17, 15) is 8.42 Å². The summed E-state index contributed by atoms with van der Waals surface area (Å²) in [6, 6.07) is 0.323. The maximum atomic E-state index is 12.2. The van der Waals surface area contributed by atoms with Gasteiger partial charge in [-0.1, -0.05) is 46.3 Å². The first-order chi connectivity index (χ1) is 8.63. The van der Waals surface area contributed by atoms with E-state index in [2.05, 4.69) is 32.2 Å². The van der Waals surface area contributed by atoms with Crippen LogP contribution in [-0.2, 0) is 10.0 Å². The van der Waals surface area contributed by atoms with Crippen molar-refractivity contribution in [2.24, 2.45) is 5.41 Å². The van der Waals surface area contributed by atoms with E-state index in [0.717, 1.165) is 6.42 Å². The fraction of sp³-hybridized carbons (Fsp3) is 0.857. The zero-order chi connectivity index (χ0) is 14.7. The van der Waals surface area contributed by atoms with Crippen molar-refractivity contribution in [3.63, 3.8) is 0 Å². The summed E-state index contributed by atoms with van der Waals surface area (Å²) in [7, 11) is -3.12. The molecule has 0 bridgehead atoms. The van der Waals surface area contributed by atoms with Gasteiger partial charge in [-0.3, -0.25) is 0 Å². The molecule has 112 valence electrons. The van der Waals surface area contributed by atoms with Gasteiger partial charge in [0.25, 0.3) is 0 Å². The van der Waals surface area contributed by atoms with Gasteiger partial charge >= 0.3 is 0 Å². The fourth-order valence-corrected chi connectivity index (χ4v) is 3.50. The Kier molecular flexibility index (Phi) is 5.59. The van der Waals surface area contributed by atoms with Gasteiger partial charge in [0, 0.05) is 25.7 Å². The third kappa shape index (κ3) is 5.24. The first-order valence-electron chi connectivity index (χ1n) is 7.03. The highest BCUT2D eigenvalue weighted by Gasteiger charge is 2.27. The van der Waals surface area contributed by atoms with Gasteiger partial charge in [0.15, 0.2) is 0 Å². The molecule has 0 aliphatic carbocycles. The maximum absolute atomic E-state index is 12.2. The van der Waals surface area contributed by atoms with Gasteiger partial charge in [-0.05, 0) is 11.8 Å². The average Bonchev–Trinajstić information content (AvgIpc) is 2.27. The van der Waals surface area contributed by atoms with Crippen molar-refractivity contribution < 1.29 is 8.42 Å². The van der Waals surface area contributed by atoms with Crippen LogP contribution in [0.3, 0.4) is 0 Å². The van der Waals surface area contributed by atoms with Gasteiger partial charge in [0.2, 0.25) is 10.0 Å². The fourth-order valence-electron chi connectivity index (χ4n) is 2.19. The largest absolute Gasteiger partial charge is 0.313 e. The summed E-state index contributed by atoms with van der Waals surface area (Å²) >= 11 is 0. The molecule has 19 heavy (non-hydrogen) atoms. The molecule has 0 saturated heterocycles. The molecule has 0 atom stereocenters. The molecule has 0 radical (unpaired) electrons. The number of rotatable bonds is 5. The van der Waals surface area contributed by atoms with E-state index >= 15 is 0 Å². The Morgan fingerprint density at radius 3 is 2.42 bits per heavy atom. The van der Waals surface area contributed by atoms with Gasteiger partial charge in [0.05, 0.1) is 5.75 Å². The lowest BCUT2D eigenvalue weighted by atomic mass is 9.83. The molecule has 1 aliphatic rings. The van der Waals surface area contributed by atoms with Gasteiger partial charge in [0.1, 0.15) is 0 Å². The number of sulfonamides is 1. The number of nitrogens with one attached hydrogen (secondary N) is 1.